The van der Waals surface area contributed by atoms with Gasteiger partial charge >= 0.3 is 0 Å². The standard InChI is InChI=1S/C19H17N3O3/c1-11-18(24)21(2)16(12-7-9-13(23)10-8-12)17-20-15-6-4-3-5-14(15)19(25)22(11)17/h3-11,16,23H,1-2H3/t11-,16-/m0/s1. The first-order chi connectivity index (χ1) is 12.0. The first-order valence-corrected chi connectivity index (χ1v) is 8.06. The summed E-state index contributed by atoms with van der Waals surface area (Å²) in [5.41, 5.74) is 1.19. The van der Waals surface area contributed by atoms with Crippen LogP contribution in [0.3, 0.4) is 0 Å². The van der Waals surface area contributed by atoms with Crippen LogP contribution in [0.4, 0.5) is 0 Å². The lowest BCUT2D eigenvalue weighted by Crippen LogP contribution is -2.47. The number of benzene rings is 2. The first-order valence-electron chi connectivity index (χ1n) is 8.06. The van der Waals surface area contributed by atoms with Gasteiger partial charge < -0.3 is 10.0 Å². The van der Waals surface area contributed by atoms with Crippen molar-refractivity contribution in [2.75, 3.05) is 7.05 Å². The molecule has 1 aromatic heterocycles. The Morgan fingerprint density at radius 2 is 1.72 bits per heavy atom. The van der Waals surface area contributed by atoms with Crippen molar-refractivity contribution in [1.82, 2.24) is 14.5 Å². The maximum absolute atomic E-state index is 13.0. The van der Waals surface area contributed by atoms with E-state index in [1.54, 1.807) is 61.3 Å². The summed E-state index contributed by atoms with van der Waals surface area (Å²) >= 11 is 0. The fourth-order valence-corrected chi connectivity index (χ4v) is 3.47. The van der Waals surface area contributed by atoms with Crippen LogP contribution < -0.4 is 5.56 Å². The van der Waals surface area contributed by atoms with Gasteiger partial charge in [0.15, 0.2) is 0 Å². The summed E-state index contributed by atoms with van der Waals surface area (Å²) in [6.45, 7) is 1.72. The van der Waals surface area contributed by atoms with Gasteiger partial charge in [0.05, 0.1) is 10.9 Å². The van der Waals surface area contributed by atoms with Gasteiger partial charge in [-0.2, -0.15) is 0 Å². The number of amides is 1. The van der Waals surface area contributed by atoms with Gasteiger partial charge in [-0.3, -0.25) is 14.2 Å². The normalized spacial score (nSPS) is 19.9. The van der Waals surface area contributed by atoms with Crippen molar-refractivity contribution in [2.24, 2.45) is 0 Å². The molecular weight excluding hydrogens is 318 g/mol. The van der Waals surface area contributed by atoms with Crippen molar-refractivity contribution in [3.05, 3.63) is 70.3 Å². The maximum Gasteiger partial charge on any atom is 0.262 e. The summed E-state index contributed by atoms with van der Waals surface area (Å²) < 4.78 is 1.49. The number of hydrogen-bond donors (Lipinski definition) is 1. The predicted molar refractivity (Wildman–Crippen MR) is 93.4 cm³/mol. The highest BCUT2D eigenvalue weighted by molar-refractivity contribution is 5.84. The largest absolute Gasteiger partial charge is 0.508 e. The number of carbonyl (C=O) groups is 1. The van der Waals surface area contributed by atoms with E-state index in [0.717, 1.165) is 5.56 Å². The van der Waals surface area contributed by atoms with Gasteiger partial charge in [-0.25, -0.2) is 4.98 Å². The molecule has 0 radical (unpaired) electrons. The molecule has 126 valence electrons. The Bertz CT molecular complexity index is 1040. The molecule has 0 unspecified atom stereocenters. The smallest absolute Gasteiger partial charge is 0.262 e. The Morgan fingerprint density at radius 3 is 2.44 bits per heavy atom. The molecule has 0 bridgehead atoms. The molecule has 1 aliphatic rings. The van der Waals surface area contributed by atoms with Crippen LogP contribution in [0, 0.1) is 0 Å². The van der Waals surface area contributed by atoms with E-state index in [0.29, 0.717) is 16.7 Å². The van der Waals surface area contributed by atoms with E-state index in [9.17, 15) is 14.7 Å². The second-order valence-corrected chi connectivity index (χ2v) is 6.28. The SMILES string of the molecule is C[C@H]1C(=O)N(C)[C@@H](c2ccc(O)cc2)c2nc3ccccc3c(=O)n21. The van der Waals surface area contributed by atoms with Crippen LogP contribution in [0.25, 0.3) is 10.9 Å². The number of fused-ring (bicyclic) bond motifs is 2. The highest BCUT2D eigenvalue weighted by atomic mass is 16.3. The minimum absolute atomic E-state index is 0.144. The summed E-state index contributed by atoms with van der Waals surface area (Å²) in [7, 11) is 1.71. The summed E-state index contributed by atoms with van der Waals surface area (Å²) in [6.07, 6.45) is 0. The molecule has 4 rings (SSSR count). The summed E-state index contributed by atoms with van der Waals surface area (Å²) in [4.78, 5) is 32.0. The average Bonchev–Trinajstić information content (AvgIpc) is 2.61. The zero-order chi connectivity index (χ0) is 17.7. The van der Waals surface area contributed by atoms with E-state index in [-0.39, 0.29) is 17.2 Å². The van der Waals surface area contributed by atoms with Gasteiger partial charge in [-0.05, 0) is 36.8 Å². The lowest BCUT2D eigenvalue weighted by Gasteiger charge is -2.37. The molecule has 0 aliphatic carbocycles. The second-order valence-electron chi connectivity index (χ2n) is 6.28. The van der Waals surface area contributed by atoms with E-state index in [4.69, 9.17) is 4.98 Å². The van der Waals surface area contributed by atoms with Crippen LogP contribution in [0.15, 0.2) is 53.3 Å². The van der Waals surface area contributed by atoms with Crippen LogP contribution >= 0.6 is 0 Å². The summed E-state index contributed by atoms with van der Waals surface area (Å²) in [5, 5.41) is 10.0. The van der Waals surface area contributed by atoms with Gasteiger partial charge in [-0.1, -0.05) is 24.3 Å². The topological polar surface area (TPSA) is 75.4 Å². The molecule has 0 saturated heterocycles. The molecule has 2 heterocycles. The average molecular weight is 335 g/mol. The van der Waals surface area contributed by atoms with E-state index >= 15 is 0 Å². The molecule has 2 aromatic carbocycles. The third-order valence-corrected chi connectivity index (χ3v) is 4.77. The molecule has 6 heteroatoms. The number of nitrogens with zero attached hydrogens (tertiary/aromatic N) is 3. The number of aromatic hydroxyl groups is 1. The third-order valence-electron chi connectivity index (χ3n) is 4.77. The van der Waals surface area contributed by atoms with Crippen molar-refractivity contribution < 1.29 is 9.90 Å². The molecular formula is C19H17N3O3. The van der Waals surface area contributed by atoms with E-state index in [2.05, 4.69) is 0 Å². The highest BCUT2D eigenvalue weighted by Gasteiger charge is 2.38. The molecule has 3 aromatic rings. The number of carbonyl (C=O) groups excluding carboxylic acids is 1. The van der Waals surface area contributed by atoms with Gasteiger partial charge in [0.25, 0.3) is 5.56 Å². The number of aromatic nitrogens is 2. The zero-order valence-corrected chi connectivity index (χ0v) is 13.9. The van der Waals surface area contributed by atoms with Gasteiger partial charge in [0, 0.05) is 7.05 Å². The molecule has 2 atom stereocenters. The maximum atomic E-state index is 13.0. The molecule has 6 nitrogen and oxygen atoms in total. The Morgan fingerprint density at radius 1 is 1.04 bits per heavy atom. The van der Waals surface area contributed by atoms with Crippen molar-refractivity contribution in [3.63, 3.8) is 0 Å². The predicted octanol–water partition coefficient (Wildman–Crippen LogP) is 2.22. The quantitative estimate of drug-likeness (QED) is 0.740. The van der Waals surface area contributed by atoms with E-state index in [1.165, 1.54) is 4.57 Å². The molecule has 1 amide bonds. The Labute approximate surface area is 144 Å². The summed E-state index contributed by atoms with van der Waals surface area (Å²) in [6, 6.07) is 12.7. The third kappa shape index (κ3) is 2.21. The van der Waals surface area contributed by atoms with E-state index < -0.39 is 12.1 Å². The number of phenols is 1. The molecule has 0 fully saturated rings. The number of para-hydroxylation sites is 1. The van der Waals surface area contributed by atoms with Crippen molar-refractivity contribution in [3.8, 4) is 5.75 Å². The Balaban J connectivity index is 2.05. The fraction of sp³-hybridized carbons (Fsp3) is 0.211. The minimum Gasteiger partial charge on any atom is -0.508 e. The minimum atomic E-state index is -0.613. The fourth-order valence-electron chi connectivity index (χ4n) is 3.47. The first kappa shape index (κ1) is 15.4. The molecule has 25 heavy (non-hydrogen) atoms. The van der Waals surface area contributed by atoms with Crippen LogP contribution in [0.1, 0.15) is 30.4 Å². The highest BCUT2D eigenvalue weighted by Crippen LogP contribution is 2.34. The van der Waals surface area contributed by atoms with Crippen LogP contribution in [0.5, 0.6) is 5.75 Å². The second kappa shape index (κ2) is 5.44. The lowest BCUT2D eigenvalue weighted by molar-refractivity contribution is -0.136. The Hall–Kier alpha value is -3.15. The monoisotopic (exact) mass is 335 g/mol. The molecule has 0 spiro atoms. The van der Waals surface area contributed by atoms with Crippen LogP contribution in [0.2, 0.25) is 0 Å². The van der Waals surface area contributed by atoms with Crippen molar-refractivity contribution in [1.29, 1.82) is 0 Å². The van der Waals surface area contributed by atoms with Crippen molar-refractivity contribution >= 4 is 16.8 Å². The van der Waals surface area contributed by atoms with Crippen LogP contribution in [-0.4, -0.2) is 32.5 Å². The van der Waals surface area contributed by atoms with Gasteiger partial charge in [0.1, 0.15) is 23.7 Å². The molecule has 1 N–H and O–H groups in total. The zero-order valence-electron chi connectivity index (χ0n) is 13.9. The molecule has 0 saturated carbocycles. The number of hydrogen-bond acceptors (Lipinski definition) is 4. The number of likely N-dealkylation sites (N-methyl/N-ethyl adjacent to an activating group) is 1. The lowest BCUT2D eigenvalue weighted by atomic mass is 9.99. The van der Waals surface area contributed by atoms with E-state index in [1.807, 2.05) is 6.07 Å². The Kier molecular flexibility index (Phi) is 3.35. The number of rotatable bonds is 1. The number of phenolic OH excluding ortho intramolecular Hbond substituents is 1. The van der Waals surface area contributed by atoms with Gasteiger partial charge in [-0.15, -0.1) is 0 Å². The van der Waals surface area contributed by atoms with Crippen LogP contribution in [-0.2, 0) is 4.79 Å². The van der Waals surface area contributed by atoms with Crippen molar-refractivity contribution in [2.45, 2.75) is 19.0 Å². The summed E-state index contributed by atoms with van der Waals surface area (Å²) in [5.74, 6) is 0.527. The van der Waals surface area contributed by atoms with Gasteiger partial charge in [0.2, 0.25) is 5.91 Å². The molecule has 1 aliphatic heterocycles.